The number of likely N-dealkylation sites (N-methyl/N-ethyl adjacent to an activating group) is 1. The number of nitrogens with one attached hydrogen (secondary N) is 1. The molecule has 0 amide bonds. The predicted octanol–water partition coefficient (Wildman–Crippen LogP) is 0.781. The Morgan fingerprint density at radius 2 is 2.27 bits per heavy atom. The molecule has 2 unspecified atom stereocenters. The standard InChI is InChI=1S/C11H22N2O2/c1-3-13-7-9(2)6-12-10(8-13)4-5-11(14)15/h9-10,12H,3-8H2,1-2H3,(H,14,15). The summed E-state index contributed by atoms with van der Waals surface area (Å²) in [4.78, 5) is 12.9. The molecule has 0 aliphatic carbocycles. The summed E-state index contributed by atoms with van der Waals surface area (Å²) in [5.74, 6) is -0.0445. The molecule has 2 N–H and O–H groups in total. The highest BCUT2D eigenvalue weighted by atomic mass is 16.4. The lowest BCUT2D eigenvalue weighted by Crippen LogP contribution is -2.37. The molecule has 0 saturated carbocycles. The van der Waals surface area contributed by atoms with Crippen molar-refractivity contribution < 1.29 is 9.90 Å². The highest BCUT2D eigenvalue weighted by Gasteiger charge is 2.20. The van der Waals surface area contributed by atoms with Crippen LogP contribution in [0.5, 0.6) is 0 Å². The third-order valence-corrected chi connectivity index (χ3v) is 2.96. The molecule has 0 aromatic carbocycles. The molecule has 4 heteroatoms. The van der Waals surface area contributed by atoms with Crippen molar-refractivity contribution in [3.63, 3.8) is 0 Å². The molecule has 1 fully saturated rings. The van der Waals surface area contributed by atoms with E-state index in [4.69, 9.17) is 5.11 Å². The minimum atomic E-state index is -0.697. The summed E-state index contributed by atoms with van der Waals surface area (Å²) < 4.78 is 0. The van der Waals surface area contributed by atoms with Crippen molar-refractivity contribution in [2.24, 2.45) is 5.92 Å². The van der Waals surface area contributed by atoms with Crippen molar-refractivity contribution in [2.75, 3.05) is 26.2 Å². The summed E-state index contributed by atoms with van der Waals surface area (Å²) in [5.41, 5.74) is 0. The van der Waals surface area contributed by atoms with Crippen molar-refractivity contribution in [1.82, 2.24) is 10.2 Å². The monoisotopic (exact) mass is 214 g/mol. The van der Waals surface area contributed by atoms with Gasteiger partial charge < -0.3 is 15.3 Å². The van der Waals surface area contributed by atoms with E-state index in [1.54, 1.807) is 0 Å². The lowest BCUT2D eigenvalue weighted by molar-refractivity contribution is -0.137. The van der Waals surface area contributed by atoms with Gasteiger partial charge in [-0.1, -0.05) is 13.8 Å². The molecule has 0 aromatic heterocycles. The molecule has 0 spiro atoms. The highest BCUT2D eigenvalue weighted by molar-refractivity contribution is 5.66. The van der Waals surface area contributed by atoms with Crippen LogP contribution in [0.4, 0.5) is 0 Å². The van der Waals surface area contributed by atoms with Gasteiger partial charge in [0.1, 0.15) is 0 Å². The molecule has 1 saturated heterocycles. The normalized spacial score (nSPS) is 28.7. The summed E-state index contributed by atoms with van der Waals surface area (Å²) in [6, 6.07) is 0.339. The maximum Gasteiger partial charge on any atom is 0.303 e. The molecule has 1 heterocycles. The average Bonchev–Trinajstić information content (AvgIpc) is 2.37. The van der Waals surface area contributed by atoms with Crippen molar-refractivity contribution in [3.05, 3.63) is 0 Å². The fourth-order valence-corrected chi connectivity index (χ4v) is 2.07. The third kappa shape index (κ3) is 4.62. The second-order valence-electron chi connectivity index (χ2n) is 4.49. The van der Waals surface area contributed by atoms with Crippen LogP contribution in [0, 0.1) is 5.92 Å². The van der Waals surface area contributed by atoms with Gasteiger partial charge in [-0.3, -0.25) is 4.79 Å². The summed E-state index contributed by atoms with van der Waals surface area (Å²) in [7, 11) is 0. The minimum absolute atomic E-state index is 0.267. The second-order valence-corrected chi connectivity index (χ2v) is 4.49. The largest absolute Gasteiger partial charge is 0.481 e. The van der Waals surface area contributed by atoms with E-state index in [0.717, 1.165) is 32.6 Å². The summed E-state index contributed by atoms with van der Waals surface area (Å²) in [5, 5.41) is 12.1. The first-order chi connectivity index (χ1) is 7.11. The molecule has 1 rings (SSSR count). The van der Waals surface area contributed by atoms with Gasteiger partial charge in [0.25, 0.3) is 0 Å². The van der Waals surface area contributed by atoms with Crippen LogP contribution in [0.1, 0.15) is 26.7 Å². The van der Waals surface area contributed by atoms with Gasteiger partial charge in [-0.15, -0.1) is 0 Å². The zero-order valence-corrected chi connectivity index (χ0v) is 9.70. The number of nitrogens with zero attached hydrogens (tertiary/aromatic N) is 1. The summed E-state index contributed by atoms with van der Waals surface area (Å²) >= 11 is 0. The van der Waals surface area contributed by atoms with E-state index in [0.29, 0.717) is 12.0 Å². The van der Waals surface area contributed by atoms with Crippen molar-refractivity contribution in [2.45, 2.75) is 32.7 Å². The van der Waals surface area contributed by atoms with Gasteiger partial charge in [0.2, 0.25) is 0 Å². The zero-order chi connectivity index (χ0) is 11.3. The van der Waals surface area contributed by atoms with Crippen LogP contribution in [0.3, 0.4) is 0 Å². The average molecular weight is 214 g/mol. The summed E-state index contributed by atoms with van der Waals surface area (Å²) in [6.07, 6.45) is 1.00. The van der Waals surface area contributed by atoms with Crippen LogP contribution in [-0.2, 0) is 4.79 Å². The van der Waals surface area contributed by atoms with Crippen LogP contribution in [0.2, 0.25) is 0 Å². The maximum atomic E-state index is 10.5. The maximum absolute atomic E-state index is 10.5. The molecule has 0 radical (unpaired) electrons. The topological polar surface area (TPSA) is 52.6 Å². The third-order valence-electron chi connectivity index (χ3n) is 2.96. The van der Waals surface area contributed by atoms with Crippen LogP contribution in [0.25, 0.3) is 0 Å². The van der Waals surface area contributed by atoms with Crippen LogP contribution < -0.4 is 5.32 Å². The first-order valence-electron chi connectivity index (χ1n) is 5.79. The highest BCUT2D eigenvalue weighted by Crippen LogP contribution is 2.09. The number of hydrogen-bond donors (Lipinski definition) is 2. The lowest BCUT2D eigenvalue weighted by Gasteiger charge is -2.22. The van der Waals surface area contributed by atoms with E-state index in [9.17, 15) is 4.79 Å². The fraction of sp³-hybridized carbons (Fsp3) is 0.909. The molecule has 0 aromatic rings. The van der Waals surface area contributed by atoms with Crippen molar-refractivity contribution >= 4 is 5.97 Å². The van der Waals surface area contributed by atoms with Crippen LogP contribution in [-0.4, -0.2) is 48.2 Å². The Balaban J connectivity index is 2.39. The zero-order valence-electron chi connectivity index (χ0n) is 9.70. The van der Waals surface area contributed by atoms with Gasteiger partial charge in [-0.2, -0.15) is 0 Å². The SMILES string of the molecule is CCN1CC(C)CNC(CCC(=O)O)C1. The molecular formula is C11H22N2O2. The van der Waals surface area contributed by atoms with E-state index in [1.165, 1.54) is 0 Å². The Morgan fingerprint density at radius 3 is 2.87 bits per heavy atom. The van der Waals surface area contributed by atoms with Crippen LogP contribution in [0.15, 0.2) is 0 Å². The van der Waals surface area contributed by atoms with E-state index in [-0.39, 0.29) is 6.42 Å². The van der Waals surface area contributed by atoms with E-state index in [1.807, 2.05) is 0 Å². The number of hydrogen-bond acceptors (Lipinski definition) is 3. The van der Waals surface area contributed by atoms with Crippen LogP contribution >= 0.6 is 0 Å². The quantitative estimate of drug-likeness (QED) is 0.726. The molecule has 1 aliphatic rings. The van der Waals surface area contributed by atoms with Crippen molar-refractivity contribution in [3.8, 4) is 0 Å². The fourth-order valence-electron chi connectivity index (χ4n) is 2.07. The smallest absolute Gasteiger partial charge is 0.303 e. The Kier molecular flexibility index (Phi) is 5.05. The first kappa shape index (κ1) is 12.5. The van der Waals surface area contributed by atoms with Gasteiger partial charge in [0, 0.05) is 25.6 Å². The first-order valence-corrected chi connectivity index (χ1v) is 5.79. The summed E-state index contributed by atoms with van der Waals surface area (Å²) in [6.45, 7) is 8.54. The Morgan fingerprint density at radius 1 is 1.53 bits per heavy atom. The van der Waals surface area contributed by atoms with E-state index in [2.05, 4.69) is 24.1 Å². The Labute approximate surface area is 91.6 Å². The number of carboxylic acids is 1. The van der Waals surface area contributed by atoms with Gasteiger partial charge in [-0.25, -0.2) is 0 Å². The van der Waals surface area contributed by atoms with Gasteiger partial charge in [0.05, 0.1) is 0 Å². The Bertz CT molecular complexity index is 209. The molecule has 88 valence electrons. The number of carboxylic acid groups (broad SMARTS) is 1. The van der Waals surface area contributed by atoms with Gasteiger partial charge in [0.15, 0.2) is 0 Å². The lowest BCUT2D eigenvalue weighted by atomic mass is 10.1. The molecule has 4 nitrogen and oxygen atoms in total. The number of aliphatic carboxylic acids is 1. The number of rotatable bonds is 4. The van der Waals surface area contributed by atoms with Gasteiger partial charge >= 0.3 is 5.97 Å². The minimum Gasteiger partial charge on any atom is -0.481 e. The second kappa shape index (κ2) is 6.08. The molecule has 0 bridgehead atoms. The van der Waals surface area contributed by atoms with E-state index < -0.39 is 5.97 Å². The van der Waals surface area contributed by atoms with E-state index >= 15 is 0 Å². The molecule has 1 aliphatic heterocycles. The molecule has 2 atom stereocenters. The predicted molar refractivity (Wildman–Crippen MR) is 59.9 cm³/mol. The number of carbonyl (C=O) groups is 1. The molecular weight excluding hydrogens is 192 g/mol. The Hall–Kier alpha value is -0.610. The van der Waals surface area contributed by atoms with Crippen molar-refractivity contribution in [1.29, 1.82) is 0 Å². The van der Waals surface area contributed by atoms with Gasteiger partial charge in [-0.05, 0) is 25.4 Å². The molecule has 15 heavy (non-hydrogen) atoms.